The Morgan fingerprint density at radius 3 is 2.44 bits per heavy atom. The zero-order valence-corrected chi connectivity index (χ0v) is 17.7. The summed E-state index contributed by atoms with van der Waals surface area (Å²) in [5.74, 6) is -0.102. The quantitative estimate of drug-likeness (QED) is 0.818. The largest absolute Gasteiger partial charge is 0.338 e. The van der Waals surface area contributed by atoms with Crippen LogP contribution in [0.15, 0.2) is 23.1 Å². The second-order valence-electron chi connectivity index (χ2n) is 7.93. The average Bonchev–Trinajstić information content (AvgIpc) is 3.05. The van der Waals surface area contributed by atoms with E-state index in [1.54, 1.807) is 23.1 Å². The molecular weight excluding hydrogens is 386 g/mol. The lowest BCUT2D eigenvalue weighted by atomic mass is 9.90. The smallest absolute Gasteiger partial charge is 0.254 e. The van der Waals surface area contributed by atoms with Crippen LogP contribution in [0.4, 0.5) is 0 Å². The summed E-state index contributed by atoms with van der Waals surface area (Å²) in [7, 11) is -3.54. The number of halogens is 1. The third-order valence-electron chi connectivity index (χ3n) is 5.73. The fraction of sp³-hybridized carbons (Fsp3) is 0.632. The zero-order valence-electron chi connectivity index (χ0n) is 16.1. The van der Waals surface area contributed by atoms with E-state index in [4.69, 9.17) is 5.73 Å². The summed E-state index contributed by atoms with van der Waals surface area (Å²) >= 11 is 0. The average molecular weight is 416 g/mol. The predicted molar refractivity (Wildman–Crippen MR) is 109 cm³/mol. The SMILES string of the molecule is Cc1ccc(S(=O)(=O)N2CCCCC2)cc1C(=O)N1CCC(C)(CN)C1.Cl. The normalized spacial score (nSPS) is 23.9. The number of hydrogen-bond acceptors (Lipinski definition) is 4. The molecule has 2 fully saturated rings. The highest BCUT2D eigenvalue weighted by molar-refractivity contribution is 7.89. The molecule has 0 bridgehead atoms. The van der Waals surface area contributed by atoms with Gasteiger partial charge in [-0.25, -0.2) is 8.42 Å². The number of carbonyl (C=O) groups is 1. The predicted octanol–water partition coefficient (Wildman–Crippen LogP) is 2.40. The van der Waals surface area contributed by atoms with E-state index in [9.17, 15) is 13.2 Å². The standard InChI is InChI=1S/C19H29N3O3S.ClH/c1-15-6-7-16(26(24,25)22-9-4-3-5-10-22)12-17(15)18(23)21-11-8-19(2,13-20)14-21;/h6-7,12H,3-5,8-11,13-14,20H2,1-2H3;1H. The fourth-order valence-corrected chi connectivity index (χ4v) is 5.32. The van der Waals surface area contributed by atoms with Crippen LogP contribution in [-0.2, 0) is 10.0 Å². The molecule has 0 radical (unpaired) electrons. The van der Waals surface area contributed by atoms with Gasteiger partial charge in [0, 0.05) is 31.7 Å². The summed E-state index contributed by atoms with van der Waals surface area (Å²) < 4.78 is 27.4. The number of amides is 1. The Labute approximate surface area is 168 Å². The molecule has 27 heavy (non-hydrogen) atoms. The van der Waals surface area contributed by atoms with Gasteiger partial charge in [0.25, 0.3) is 5.91 Å². The third kappa shape index (κ3) is 4.47. The maximum atomic E-state index is 13.0. The summed E-state index contributed by atoms with van der Waals surface area (Å²) in [6.07, 6.45) is 3.73. The van der Waals surface area contributed by atoms with Gasteiger partial charge < -0.3 is 10.6 Å². The van der Waals surface area contributed by atoms with Gasteiger partial charge in [-0.15, -0.1) is 12.4 Å². The molecule has 0 aliphatic carbocycles. The molecule has 152 valence electrons. The third-order valence-corrected chi connectivity index (χ3v) is 7.62. The van der Waals surface area contributed by atoms with Crippen LogP contribution in [0.2, 0.25) is 0 Å². The minimum Gasteiger partial charge on any atom is -0.338 e. The molecule has 6 nitrogen and oxygen atoms in total. The van der Waals surface area contributed by atoms with E-state index < -0.39 is 10.0 Å². The van der Waals surface area contributed by atoms with Gasteiger partial charge in [0.05, 0.1) is 4.90 Å². The maximum absolute atomic E-state index is 13.0. The molecule has 1 amide bonds. The van der Waals surface area contributed by atoms with E-state index in [1.165, 1.54) is 4.31 Å². The molecule has 2 N–H and O–H groups in total. The highest BCUT2D eigenvalue weighted by Crippen LogP contribution is 2.30. The first kappa shape index (κ1) is 22.1. The molecule has 1 aromatic rings. The van der Waals surface area contributed by atoms with Gasteiger partial charge in [-0.2, -0.15) is 4.31 Å². The van der Waals surface area contributed by atoms with Gasteiger partial charge in [0.2, 0.25) is 10.0 Å². The molecule has 3 rings (SSSR count). The molecule has 2 aliphatic rings. The Kier molecular flexibility index (Phi) is 6.95. The molecule has 2 heterocycles. The Balaban J connectivity index is 0.00000261. The van der Waals surface area contributed by atoms with Crippen LogP contribution < -0.4 is 5.73 Å². The second-order valence-corrected chi connectivity index (χ2v) is 9.87. The number of rotatable bonds is 4. The number of nitrogens with zero attached hydrogens (tertiary/aromatic N) is 2. The summed E-state index contributed by atoms with van der Waals surface area (Å²) in [6, 6.07) is 4.91. The van der Waals surface area contributed by atoms with Crippen molar-refractivity contribution in [1.82, 2.24) is 9.21 Å². The van der Waals surface area contributed by atoms with Crippen molar-refractivity contribution in [3.8, 4) is 0 Å². The van der Waals surface area contributed by atoms with Crippen LogP contribution in [0.25, 0.3) is 0 Å². The minimum absolute atomic E-state index is 0. The van der Waals surface area contributed by atoms with E-state index in [1.807, 2.05) is 6.92 Å². The minimum atomic E-state index is -3.54. The lowest BCUT2D eigenvalue weighted by molar-refractivity contribution is 0.0776. The molecule has 2 saturated heterocycles. The van der Waals surface area contributed by atoms with Crippen molar-refractivity contribution in [2.24, 2.45) is 11.1 Å². The Morgan fingerprint density at radius 2 is 1.85 bits per heavy atom. The Hall–Kier alpha value is -1.15. The molecule has 8 heteroatoms. The van der Waals surface area contributed by atoms with Gasteiger partial charge in [-0.05, 0) is 55.8 Å². The van der Waals surface area contributed by atoms with Crippen molar-refractivity contribution in [2.75, 3.05) is 32.7 Å². The molecular formula is C19H30ClN3O3S. The van der Waals surface area contributed by atoms with Crippen LogP contribution >= 0.6 is 12.4 Å². The second kappa shape index (κ2) is 8.47. The van der Waals surface area contributed by atoms with Gasteiger partial charge in [0.1, 0.15) is 0 Å². The summed E-state index contributed by atoms with van der Waals surface area (Å²) in [5.41, 5.74) is 7.06. The number of benzene rings is 1. The molecule has 2 aliphatic heterocycles. The molecule has 1 unspecified atom stereocenters. The highest BCUT2D eigenvalue weighted by Gasteiger charge is 2.36. The van der Waals surface area contributed by atoms with E-state index in [-0.39, 0.29) is 28.6 Å². The number of aryl methyl sites for hydroxylation is 1. The number of carbonyl (C=O) groups excluding carboxylic acids is 1. The first-order valence-corrected chi connectivity index (χ1v) is 10.8. The van der Waals surface area contributed by atoms with Crippen LogP contribution in [0, 0.1) is 12.3 Å². The number of piperidine rings is 1. The molecule has 1 atom stereocenters. The number of sulfonamides is 1. The number of nitrogens with two attached hydrogens (primary N) is 1. The first-order chi connectivity index (χ1) is 12.3. The monoisotopic (exact) mass is 415 g/mol. The molecule has 0 aromatic heterocycles. The molecule has 1 aromatic carbocycles. The van der Waals surface area contributed by atoms with Crippen molar-refractivity contribution in [3.05, 3.63) is 29.3 Å². The van der Waals surface area contributed by atoms with Crippen molar-refractivity contribution < 1.29 is 13.2 Å². The maximum Gasteiger partial charge on any atom is 0.254 e. The molecule has 0 spiro atoms. The van der Waals surface area contributed by atoms with E-state index in [0.29, 0.717) is 38.3 Å². The number of likely N-dealkylation sites (tertiary alicyclic amines) is 1. The van der Waals surface area contributed by atoms with Crippen molar-refractivity contribution in [1.29, 1.82) is 0 Å². The van der Waals surface area contributed by atoms with Crippen molar-refractivity contribution in [2.45, 2.75) is 44.4 Å². The van der Waals surface area contributed by atoms with Crippen molar-refractivity contribution in [3.63, 3.8) is 0 Å². The lowest BCUT2D eigenvalue weighted by Crippen LogP contribution is -2.36. The van der Waals surface area contributed by atoms with Gasteiger partial charge in [-0.1, -0.05) is 19.4 Å². The lowest BCUT2D eigenvalue weighted by Gasteiger charge is -2.26. The highest BCUT2D eigenvalue weighted by atomic mass is 35.5. The van der Waals surface area contributed by atoms with Crippen molar-refractivity contribution >= 4 is 28.3 Å². The van der Waals surface area contributed by atoms with Gasteiger partial charge in [0.15, 0.2) is 0 Å². The zero-order chi connectivity index (χ0) is 18.9. The van der Waals surface area contributed by atoms with Gasteiger partial charge in [-0.3, -0.25) is 4.79 Å². The Morgan fingerprint density at radius 1 is 1.19 bits per heavy atom. The van der Waals surface area contributed by atoms with Gasteiger partial charge >= 0.3 is 0 Å². The Bertz CT molecular complexity index is 793. The molecule has 0 saturated carbocycles. The van der Waals surface area contributed by atoms with Crippen LogP contribution in [0.3, 0.4) is 0 Å². The van der Waals surface area contributed by atoms with Crippen LogP contribution in [-0.4, -0.2) is 56.3 Å². The topological polar surface area (TPSA) is 83.7 Å². The summed E-state index contributed by atoms with van der Waals surface area (Å²) in [4.78, 5) is 15.0. The first-order valence-electron chi connectivity index (χ1n) is 9.37. The fourth-order valence-electron chi connectivity index (χ4n) is 3.78. The van der Waals surface area contributed by atoms with E-state index in [0.717, 1.165) is 31.2 Å². The summed E-state index contributed by atoms with van der Waals surface area (Å²) in [6.45, 7) is 6.87. The van der Waals surface area contributed by atoms with Crippen LogP contribution in [0.1, 0.15) is 48.5 Å². The van der Waals surface area contributed by atoms with E-state index >= 15 is 0 Å². The van der Waals surface area contributed by atoms with E-state index in [2.05, 4.69) is 6.92 Å². The van der Waals surface area contributed by atoms with Crippen LogP contribution in [0.5, 0.6) is 0 Å². The number of hydrogen-bond donors (Lipinski definition) is 1. The summed E-state index contributed by atoms with van der Waals surface area (Å²) in [5, 5.41) is 0.